The van der Waals surface area contributed by atoms with Crippen molar-refractivity contribution in [1.82, 2.24) is 5.32 Å². The Labute approximate surface area is 124 Å². The minimum atomic E-state index is -0.720. The van der Waals surface area contributed by atoms with E-state index in [0.717, 1.165) is 16.9 Å². The van der Waals surface area contributed by atoms with Gasteiger partial charge in [0, 0.05) is 17.5 Å². The molecule has 0 unspecified atom stereocenters. The Bertz CT molecular complexity index is 579. The summed E-state index contributed by atoms with van der Waals surface area (Å²) >= 11 is 0. The first-order chi connectivity index (χ1) is 9.88. The van der Waals surface area contributed by atoms with E-state index in [9.17, 15) is 9.90 Å². The smallest absolute Gasteiger partial charge is 0.225 e. The fourth-order valence-corrected chi connectivity index (χ4v) is 1.88. The van der Waals surface area contributed by atoms with Crippen molar-refractivity contribution in [2.24, 2.45) is 5.41 Å². The molecule has 4 heteroatoms. The van der Waals surface area contributed by atoms with Gasteiger partial charge in [0.15, 0.2) is 0 Å². The normalized spacial score (nSPS) is 13.0. The summed E-state index contributed by atoms with van der Waals surface area (Å²) in [5, 5.41) is 12.9. The van der Waals surface area contributed by atoms with Crippen LogP contribution in [0, 0.1) is 5.41 Å². The van der Waals surface area contributed by atoms with Gasteiger partial charge in [0.25, 0.3) is 0 Å². The van der Waals surface area contributed by atoms with Crippen molar-refractivity contribution in [3.05, 3.63) is 48.2 Å². The fraction of sp³-hybridized carbons (Fsp3) is 0.353. The van der Waals surface area contributed by atoms with Gasteiger partial charge < -0.3 is 14.8 Å². The Hall–Kier alpha value is -2.07. The molecular formula is C17H21NO3. The van der Waals surface area contributed by atoms with Gasteiger partial charge in [-0.2, -0.15) is 0 Å². The van der Waals surface area contributed by atoms with Crippen LogP contribution in [0.3, 0.4) is 0 Å². The summed E-state index contributed by atoms with van der Waals surface area (Å²) in [5.41, 5.74) is 1.26. The average molecular weight is 287 g/mol. The number of aliphatic hydroxyl groups is 1. The zero-order valence-electron chi connectivity index (χ0n) is 12.6. The van der Waals surface area contributed by atoms with Gasteiger partial charge in [0.1, 0.15) is 5.76 Å². The molecule has 2 N–H and O–H groups in total. The third kappa shape index (κ3) is 3.95. The number of furan rings is 1. The molecule has 0 aliphatic carbocycles. The second kappa shape index (κ2) is 6.14. The topological polar surface area (TPSA) is 62.5 Å². The Morgan fingerprint density at radius 3 is 2.43 bits per heavy atom. The van der Waals surface area contributed by atoms with Gasteiger partial charge in [-0.05, 0) is 17.7 Å². The molecule has 112 valence electrons. The Morgan fingerprint density at radius 1 is 1.24 bits per heavy atom. The van der Waals surface area contributed by atoms with Crippen molar-refractivity contribution in [3.8, 4) is 11.3 Å². The number of hydrogen-bond donors (Lipinski definition) is 2. The standard InChI is InChI=1S/C17H21NO3/c1-17(2,3)16(20)18-11-14(19)12-6-8-13(9-7-12)15-5-4-10-21-15/h4-10,14,19H,11H2,1-3H3,(H,18,20)/t14-/m1/s1. The molecule has 0 radical (unpaired) electrons. The highest BCUT2D eigenvalue weighted by atomic mass is 16.3. The highest BCUT2D eigenvalue weighted by Crippen LogP contribution is 2.22. The van der Waals surface area contributed by atoms with Crippen molar-refractivity contribution in [3.63, 3.8) is 0 Å². The molecule has 0 saturated heterocycles. The number of hydrogen-bond acceptors (Lipinski definition) is 3. The lowest BCUT2D eigenvalue weighted by Gasteiger charge is -2.19. The number of amides is 1. The van der Waals surface area contributed by atoms with Crippen molar-refractivity contribution < 1.29 is 14.3 Å². The van der Waals surface area contributed by atoms with Crippen LogP contribution < -0.4 is 5.32 Å². The minimum Gasteiger partial charge on any atom is -0.464 e. The maximum atomic E-state index is 11.8. The zero-order chi connectivity index (χ0) is 15.5. The SMILES string of the molecule is CC(C)(C)C(=O)NC[C@@H](O)c1ccc(-c2ccco2)cc1. The highest BCUT2D eigenvalue weighted by Gasteiger charge is 2.21. The van der Waals surface area contributed by atoms with E-state index in [1.165, 1.54) is 0 Å². The molecule has 0 aliphatic heterocycles. The van der Waals surface area contributed by atoms with E-state index in [2.05, 4.69) is 5.32 Å². The summed E-state index contributed by atoms with van der Waals surface area (Å²) < 4.78 is 5.32. The number of rotatable bonds is 4. The van der Waals surface area contributed by atoms with E-state index < -0.39 is 11.5 Å². The largest absolute Gasteiger partial charge is 0.464 e. The summed E-state index contributed by atoms with van der Waals surface area (Å²) in [6.45, 7) is 5.73. The molecule has 2 aromatic rings. The molecule has 2 rings (SSSR count). The highest BCUT2D eigenvalue weighted by molar-refractivity contribution is 5.81. The van der Waals surface area contributed by atoms with Crippen molar-refractivity contribution in [2.75, 3.05) is 6.54 Å². The lowest BCUT2D eigenvalue weighted by molar-refractivity contribution is -0.128. The Balaban J connectivity index is 1.97. The molecule has 0 spiro atoms. The first-order valence-corrected chi connectivity index (χ1v) is 6.98. The van der Waals surface area contributed by atoms with Gasteiger partial charge in [-0.15, -0.1) is 0 Å². The first-order valence-electron chi connectivity index (χ1n) is 6.98. The third-order valence-corrected chi connectivity index (χ3v) is 3.24. The molecule has 0 aliphatic rings. The van der Waals surface area contributed by atoms with Crippen molar-refractivity contribution in [1.29, 1.82) is 0 Å². The van der Waals surface area contributed by atoms with E-state index in [1.54, 1.807) is 6.26 Å². The number of aliphatic hydroxyl groups excluding tert-OH is 1. The third-order valence-electron chi connectivity index (χ3n) is 3.24. The molecular weight excluding hydrogens is 266 g/mol. The molecule has 1 atom stereocenters. The van der Waals surface area contributed by atoms with Crippen LogP contribution in [0.25, 0.3) is 11.3 Å². The van der Waals surface area contributed by atoms with Gasteiger partial charge in [0.05, 0.1) is 12.4 Å². The predicted octanol–water partition coefficient (Wildman–Crippen LogP) is 3.14. The molecule has 1 heterocycles. The number of nitrogens with one attached hydrogen (secondary N) is 1. The molecule has 0 bridgehead atoms. The molecule has 0 fully saturated rings. The average Bonchev–Trinajstić information content (AvgIpc) is 2.97. The van der Waals surface area contributed by atoms with Gasteiger partial charge in [0.2, 0.25) is 5.91 Å². The van der Waals surface area contributed by atoms with Crippen LogP contribution in [0.4, 0.5) is 0 Å². The van der Waals surface area contributed by atoms with Gasteiger partial charge >= 0.3 is 0 Å². The molecule has 21 heavy (non-hydrogen) atoms. The van der Waals surface area contributed by atoms with E-state index in [1.807, 2.05) is 57.2 Å². The maximum absolute atomic E-state index is 11.8. The van der Waals surface area contributed by atoms with Gasteiger partial charge in [-0.1, -0.05) is 45.0 Å². The van der Waals surface area contributed by atoms with Crippen LogP contribution in [-0.4, -0.2) is 17.6 Å². The summed E-state index contributed by atoms with van der Waals surface area (Å²) in [5.74, 6) is 0.714. The first kappa shape index (κ1) is 15.3. The Kier molecular flexibility index (Phi) is 4.48. The molecule has 1 aromatic carbocycles. The van der Waals surface area contributed by atoms with E-state index in [0.29, 0.717) is 0 Å². The van der Waals surface area contributed by atoms with Crippen LogP contribution >= 0.6 is 0 Å². The predicted molar refractivity (Wildman–Crippen MR) is 81.6 cm³/mol. The van der Waals surface area contributed by atoms with Crippen LogP contribution in [0.2, 0.25) is 0 Å². The van der Waals surface area contributed by atoms with Crippen molar-refractivity contribution in [2.45, 2.75) is 26.9 Å². The maximum Gasteiger partial charge on any atom is 0.225 e. The lowest BCUT2D eigenvalue weighted by atomic mass is 9.95. The second-order valence-electron chi connectivity index (χ2n) is 6.08. The van der Waals surface area contributed by atoms with Crippen LogP contribution in [0.15, 0.2) is 47.1 Å². The lowest BCUT2D eigenvalue weighted by Crippen LogP contribution is -2.37. The summed E-state index contributed by atoms with van der Waals surface area (Å²) in [4.78, 5) is 11.8. The summed E-state index contributed by atoms with van der Waals surface area (Å²) in [6, 6.07) is 11.2. The number of benzene rings is 1. The number of carbonyl (C=O) groups excluding carboxylic acids is 1. The molecule has 1 amide bonds. The quantitative estimate of drug-likeness (QED) is 0.908. The van der Waals surface area contributed by atoms with Gasteiger partial charge in [-0.25, -0.2) is 0 Å². The van der Waals surface area contributed by atoms with Crippen LogP contribution in [-0.2, 0) is 4.79 Å². The monoisotopic (exact) mass is 287 g/mol. The van der Waals surface area contributed by atoms with Crippen LogP contribution in [0.1, 0.15) is 32.4 Å². The molecule has 4 nitrogen and oxygen atoms in total. The second-order valence-corrected chi connectivity index (χ2v) is 6.08. The van der Waals surface area contributed by atoms with Gasteiger partial charge in [-0.3, -0.25) is 4.79 Å². The summed E-state index contributed by atoms with van der Waals surface area (Å²) in [7, 11) is 0. The minimum absolute atomic E-state index is 0.0752. The zero-order valence-corrected chi connectivity index (χ0v) is 12.6. The fourth-order valence-electron chi connectivity index (χ4n) is 1.88. The van der Waals surface area contributed by atoms with E-state index in [4.69, 9.17) is 4.42 Å². The van der Waals surface area contributed by atoms with Crippen molar-refractivity contribution >= 4 is 5.91 Å². The molecule has 0 saturated carbocycles. The summed E-state index contributed by atoms with van der Waals surface area (Å²) in [6.07, 6.45) is 0.905. The van der Waals surface area contributed by atoms with E-state index in [-0.39, 0.29) is 12.5 Å². The van der Waals surface area contributed by atoms with Crippen LogP contribution in [0.5, 0.6) is 0 Å². The number of carbonyl (C=O) groups is 1. The Morgan fingerprint density at radius 2 is 1.90 bits per heavy atom. The molecule has 1 aromatic heterocycles. The van der Waals surface area contributed by atoms with E-state index >= 15 is 0 Å².